The molecular weight excluding hydrogens is 366 g/mol. The number of halogens is 1. The molecule has 0 aromatic heterocycles. The second-order valence-corrected chi connectivity index (χ2v) is 10.0. The first-order chi connectivity index (χ1) is 8.02. The topological polar surface area (TPSA) is 24.1 Å². The van der Waals surface area contributed by atoms with Gasteiger partial charge in [0.15, 0.2) is 7.56 Å². The molecule has 1 aromatic carbocycles. The molecule has 0 aliphatic carbocycles. The highest BCUT2D eigenvalue weighted by Crippen LogP contribution is 2.48. The summed E-state index contributed by atoms with van der Waals surface area (Å²) in [4.78, 5) is 0. The summed E-state index contributed by atoms with van der Waals surface area (Å²) in [5, 5.41) is 8.98. The Bertz CT molecular complexity index is 363. The summed E-state index contributed by atoms with van der Waals surface area (Å²) in [5.41, 5.74) is 0.188. The van der Waals surface area contributed by atoms with E-state index in [1.54, 1.807) is 0 Å². The molecule has 0 bridgehead atoms. The smallest absolute Gasteiger partial charge is 0.178 e. The minimum absolute atomic E-state index is 0. The van der Waals surface area contributed by atoms with Crippen molar-refractivity contribution in [2.75, 3.05) is 6.66 Å². The molecule has 110 valence electrons. The molecule has 0 fully saturated rings. The first kappa shape index (κ1) is 19.3. The minimum atomic E-state index is -1.56. The Morgan fingerprint density at radius 1 is 0.789 bits per heavy atom. The molecule has 2 N–H and O–H groups in total. The number of benzene rings is 1. The first-order valence-electron chi connectivity index (χ1n) is 6.53. The van der Waals surface area contributed by atoms with Crippen LogP contribution in [0.5, 0.6) is 0 Å². The van der Waals surface area contributed by atoms with E-state index in [4.69, 9.17) is 0 Å². The average molecular weight is 394 g/mol. The molecule has 0 unspecified atom stereocenters. The number of nitrogens with one attached hydrogen (secondary N) is 2. The van der Waals surface area contributed by atoms with E-state index < -0.39 is 7.56 Å². The van der Waals surface area contributed by atoms with Gasteiger partial charge in [0.1, 0.15) is 5.30 Å². The molecule has 0 saturated heterocycles. The lowest BCUT2D eigenvalue weighted by Crippen LogP contribution is -3.00. The molecule has 1 rings (SSSR count). The van der Waals surface area contributed by atoms with Crippen LogP contribution in [0, 0.1) is 0 Å². The van der Waals surface area contributed by atoms with E-state index in [9.17, 15) is 0 Å². The molecule has 0 aliphatic rings. The van der Waals surface area contributed by atoms with Gasteiger partial charge >= 0.3 is 0 Å². The monoisotopic (exact) mass is 394 g/mol. The van der Waals surface area contributed by atoms with Crippen LogP contribution in [0.25, 0.3) is 0 Å². The van der Waals surface area contributed by atoms with Gasteiger partial charge in [-0.2, -0.15) is 10.2 Å². The lowest BCUT2D eigenvalue weighted by atomic mass is 10.1. The molecule has 2 nitrogen and oxygen atoms in total. The zero-order chi connectivity index (χ0) is 14.0. The number of hydrogen-bond donors (Lipinski definition) is 2. The lowest BCUT2D eigenvalue weighted by Gasteiger charge is -2.35. The zero-order valence-corrected chi connectivity index (χ0v) is 16.3. The van der Waals surface area contributed by atoms with Crippen LogP contribution in [0.2, 0.25) is 0 Å². The quantitative estimate of drug-likeness (QED) is 0.579. The van der Waals surface area contributed by atoms with Gasteiger partial charge in [-0.1, -0.05) is 18.2 Å². The Balaban J connectivity index is 0.00000324. The van der Waals surface area contributed by atoms with Crippen molar-refractivity contribution in [1.29, 1.82) is 0 Å². The molecule has 19 heavy (non-hydrogen) atoms. The fourth-order valence-electron chi connectivity index (χ4n) is 2.22. The fourth-order valence-corrected chi connectivity index (χ4v) is 5.99. The predicted octanol–water partition coefficient (Wildman–Crippen LogP) is 0.570. The maximum Gasteiger partial charge on any atom is 0.178 e. The summed E-state index contributed by atoms with van der Waals surface area (Å²) >= 11 is 0. The van der Waals surface area contributed by atoms with Gasteiger partial charge in [0, 0.05) is 11.1 Å². The Morgan fingerprint density at radius 3 is 1.47 bits per heavy atom. The van der Waals surface area contributed by atoms with Gasteiger partial charge in [0.05, 0.1) is 6.66 Å². The van der Waals surface area contributed by atoms with E-state index in [1.165, 1.54) is 5.30 Å². The van der Waals surface area contributed by atoms with Crippen LogP contribution in [-0.4, -0.2) is 17.7 Å². The standard InChI is InChI=1S/C15H28N2P.HI/c1-14(2,3)16-18(7,17-15(4,5)6)13-11-9-8-10-12-13;/h8-12,16-17H,1-7H3;1H/q+1;/p-1. The molecule has 0 amide bonds. The van der Waals surface area contributed by atoms with E-state index in [2.05, 4.69) is 88.7 Å². The SMILES string of the molecule is CC(C)(C)N[P+](C)(NC(C)(C)C)c1ccccc1.[I-]. The van der Waals surface area contributed by atoms with Gasteiger partial charge in [-0.05, 0) is 53.7 Å². The largest absolute Gasteiger partial charge is 1.00 e. The second-order valence-electron chi connectivity index (χ2n) is 7.07. The average Bonchev–Trinajstić information content (AvgIpc) is 2.13. The minimum Gasteiger partial charge on any atom is -1.00 e. The van der Waals surface area contributed by atoms with Crippen LogP contribution in [0.15, 0.2) is 30.3 Å². The molecular formula is C15H28IN2P. The van der Waals surface area contributed by atoms with E-state index in [1.807, 2.05) is 0 Å². The van der Waals surface area contributed by atoms with Crippen molar-refractivity contribution < 1.29 is 24.0 Å². The molecule has 0 atom stereocenters. The summed E-state index contributed by atoms with van der Waals surface area (Å²) in [6, 6.07) is 10.7. The summed E-state index contributed by atoms with van der Waals surface area (Å²) < 4.78 is 0. The summed E-state index contributed by atoms with van der Waals surface area (Å²) in [7, 11) is -1.56. The summed E-state index contributed by atoms with van der Waals surface area (Å²) in [5.74, 6) is 0. The Morgan fingerprint density at radius 2 is 1.16 bits per heavy atom. The molecule has 0 radical (unpaired) electrons. The number of hydrogen-bond acceptors (Lipinski definition) is 2. The summed E-state index contributed by atoms with van der Waals surface area (Å²) in [6.45, 7) is 15.6. The molecule has 0 aliphatic heterocycles. The van der Waals surface area contributed by atoms with Crippen molar-refractivity contribution in [3.63, 3.8) is 0 Å². The van der Waals surface area contributed by atoms with Crippen molar-refractivity contribution in [1.82, 2.24) is 10.2 Å². The maximum absolute atomic E-state index is 3.81. The number of rotatable bonds is 3. The predicted molar refractivity (Wildman–Crippen MR) is 84.7 cm³/mol. The zero-order valence-electron chi connectivity index (χ0n) is 13.2. The van der Waals surface area contributed by atoms with Crippen molar-refractivity contribution in [3.8, 4) is 0 Å². The van der Waals surface area contributed by atoms with Crippen LogP contribution < -0.4 is 39.5 Å². The van der Waals surface area contributed by atoms with Gasteiger partial charge in [-0.15, -0.1) is 0 Å². The Kier molecular flexibility index (Phi) is 6.95. The van der Waals surface area contributed by atoms with Crippen molar-refractivity contribution in [3.05, 3.63) is 30.3 Å². The lowest BCUT2D eigenvalue weighted by molar-refractivity contribution is -0.00000584. The van der Waals surface area contributed by atoms with Crippen LogP contribution in [0.4, 0.5) is 0 Å². The van der Waals surface area contributed by atoms with E-state index in [-0.39, 0.29) is 35.1 Å². The highest BCUT2D eigenvalue weighted by molar-refractivity contribution is 7.78. The third-order valence-electron chi connectivity index (χ3n) is 2.39. The normalized spacial score (nSPS) is 13.0. The van der Waals surface area contributed by atoms with Crippen LogP contribution in [-0.2, 0) is 0 Å². The van der Waals surface area contributed by atoms with E-state index in [0.29, 0.717) is 0 Å². The van der Waals surface area contributed by atoms with Crippen molar-refractivity contribution in [2.24, 2.45) is 0 Å². The maximum atomic E-state index is 3.81. The van der Waals surface area contributed by atoms with E-state index >= 15 is 0 Å². The van der Waals surface area contributed by atoms with Gasteiger partial charge in [-0.3, -0.25) is 0 Å². The van der Waals surface area contributed by atoms with Crippen LogP contribution in [0.3, 0.4) is 0 Å². The van der Waals surface area contributed by atoms with Crippen molar-refractivity contribution >= 4 is 12.9 Å². The third kappa shape index (κ3) is 7.03. The molecule has 4 heteroatoms. The fraction of sp³-hybridized carbons (Fsp3) is 0.600. The van der Waals surface area contributed by atoms with Crippen LogP contribution >= 0.6 is 7.56 Å². The first-order valence-corrected chi connectivity index (χ1v) is 8.76. The van der Waals surface area contributed by atoms with Gasteiger partial charge in [0.2, 0.25) is 0 Å². The molecule has 0 heterocycles. The Hall–Kier alpha value is 0.300. The van der Waals surface area contributed by atoms with Gasteiger partial charge in [-0.25, -0.2) is 0 Å². The summed E-state index contributed by atoms with van der Waals surface area (Å²) in [6.07, 6.45) is 0. The van der Waals surface area contributed by atoms with Crippen LogP contribution in [0.1, 0.15) is 41.5 Å². The highest BCUT2D eigenvalue weighted by atomic mass is 127. The van der Waals surface area contributed by atoms with Gasteiger partial charge < -0.3 is 24.0 Å². The van der Waals surface area contributed by atoms with Gasteiger partial charge in [0.25, 0.3) is 0 Å². The Labute approximate surface area is 136 Å². The third-order valence-corrected chi connectivity index (χ3v) is 5.96. The molecule has 0 spiro atoms. The highest BCUT2D eigenvalue weighted by Gasteiger charge is 2.41. The second kappa shape index (κ2) is 6.84. The van der Waals surface area contributed by atoms with E-state index in [0.717, 1.165) is 0 Å². The molecule has 0 saturated carbocycles. The van der Waals surface area contributed by atoms with Crippen molar-refractivity contribution in [2.45, 2.75) is 52.6 Å². The molecule has 1 aromatic rings.